The third kappa shape index (κ3) is 4.05. The molecule has 23 heavy (non-hydrogen) atoms. The van der Waals surface area contributed by atoms with Crippen molar-refractivity contribution in [3.63, 3.8) is 0 Å². The fourth-order valence-electron chi connectivity index (χ4n) is 2.31. The molecule has 0 unspecified atom stereocenters. The van der Waals surface area contributed by atoms with Crippen LogP contribution >= 0.6 is 0 Å². The number of hydrogen-bond acceptors (Lipinski definition) is 4. The number of carbonyl (C=O) groups is 2. The number of nitrogens with one attached hydrogen (secondary N) is 1. The number of aromatic hydroxyl groups is 1. The van der Waals surface area contributed by atoms with Crippen LogP contribution in [0.25, 0.3) is 0 Å². The molecule has 0 saturated carbocycles. The molecule has 0 radical (unpaired) electrons. The lowest BCUT2D eigenvalue weighted by molar-refractivity contribution is -0.157. The molecule has 0 aromatic heterocycles. The summed E-state index contributed by atoms with van der Waals surface area (Å²) in [5.74, 6) is -1.53. The van der Waals surface area contributed by atoms with E-state index in [0.29, 0.717) is 10.6 Å². The second kappa shape index (κ2) is 6.35. The number of phenols is 1. The van der Waals surface area contributed by atoms with E-state index in [9.17, 15) is 27.9 Å². The third-order valence-electron chi connectivity index (χ3n) is 3.42. The molecule has 1 aromatic carbocycles. The van der Waals surface area contributed by atoms with Crippen molar-refractivity contribution in [3.8, 4) is 11.5 Å². The maximum atomic E-state index is 12.3. The number of methoxy groups -OCH3 is 1. The smallest absolute Gasteiger partial charge is 0.406 e. The van der Waals surface area contributed by atoms with Gasteiger partial charge in [0.15, 0.2) is 0 Å². The number of phenolic OH excluding ortho intramolecular Hbond substituents is 1. The summed E-state index contributed by atoms with van der Waals surface area (Å²) in [5.41, 5.74) is -0.0899. The van der Waals surface area contributed by atoms with Gasteiger partial charge in [0.2, 0.25) is 5.91 Å². The molecular weight excluding hydrogens is 317 g/mol. The molecule has 9 heteroatoms. The number of hydrogen-bond donors (Lipinski definition) is 2. The van der Waals surface area contributed by atoms with Crippen LogP contribution in [0.3, 0.4) is 0 Å². The highest BCUT2D eigenvalue weighted by Gasteiger charge is 2.39. The largest absolute Gasteiger partial charge is 0.507 e. The number of alkyl halides is 3. The molecule has 126 valence electrons. The van der Waals surface area contributed by atoms with Crippen LogP contribution < -0.4 is 10.1 Å². The van der Waals surface area contributed by atoms with Gasteiger partial charge in [-0.15, -0.1) is 0 Å². The Morgan fingerprint density at radius 3 is 2.74 bits per heavy atom. The van der Waals surface area contributed by atoms with Crippen molar-refractivity contribution < 1.29 is 32.6 Å². The van der Waals surface area contributed by atoms with Crippen molar-refractivity contribution >= 4 is 11.8 Å². The van der Waals surface area contributed by atoms with Crippen molar-refractivity contribution in [3.05, 3.63) is 23.8 Å². The molecule has 2 N–H and O–H groups in total. The van der Waals surface area contributed by atoms with Crippen molar-refractivity contribution in [2.24, 2.45) is 0 Å². The minimum Gasteiger partial charge on any atom is -0.507 e. The van der Waals surface area contributed by atoms with Crippen LogP contribution in [0.1, 0.15) is 16.8 Å². The second-order valence-corrected chi connectivity index (χ2v) is 5.07. The quantitative estimate of drug-likeness (QED) is 0.871. The number of halogens is 3. The molecule has 1 aliphatic heterocycles. The fourth-order valence-corrected chi connectivity index (χ4v) is 2.31. The van der Waals surface area contributed by atoms with Gasteiger partial charge in [0.05, 0.1) is 12.7 Å². The lowest BCUT2D eigenvalue weighted by Gasteiger charge is -2.18. The van der Waals surface area contributed by atoms with E-state index in [1.165, 1.54) is 25.3 Å². The molecule has 2 amide bonds. The Bertz CT molecular complexity index is 619. The van der Waals surface area contributed by atoms with Crippen LogP contribution in [0.5, 0.6) is 11.5 Å². The highest BCUT2D eigenvalue weighted by Crippen LogP contribution is 2.24. The molecule has 6 nitrogen and oxygen atoms in total. The van der Waals surface area contributed by atoms with Crippen LogP contribution in [-0.2, 0) is 4.79 Å². The van der Waals surface area contributed by atoms with E-state index in [0.717, 1.165) is 0 Å². The van der Waals surface area contributed by atoms with E-state index in [-0.39, 0.29) is 24.3 Å². The zero-order chi connectivity index (χ0) is 17.2. The molecule has 1 aliphatic rings. The van der Waals surface area contributed by atoms with E-state index >= 15 is 0 Å². The highest BCUT2D eigenvalue weighted by atomic mass is 19.4. The molecule has 1 aromatic rings. The summed E-state index contributed by atoms with van der Waals surface area (Å²) in [4.78, 5) is 24.6. The number of amides is 2. The SMILES string of the molecule is COc1ccc(C(=O)N[C@H]2CCN(CC(F)(F)F)C2=O)c(O)c1. The van der Waals surface area contributed by atoms with Crippen LogP contribution in [0.15, 0.2) is 18.2 Å². The highest BCUT2D eigenvalue weighted by molar-refractivity contribution is 6.00. The van der Waals surface area contributed by atoms with Gasteiger partial charge in [0, 0.05) is 12.6 Å². The average Bonchev–Trinajstić information content (AvgIpc) is 2.78. The number of likely N-dealkylation sites (tertiary alicyclic amines) is 1. The summed E-state index contributed by atoms with van der Waals surface area (Å²) in [6.45, 7) is -1.43. The Morgan fingerprint density at radius 2 is 2.17 bits per heavy atom. The van der Waals surface area contributed by atoms with Crippen molar-refractivity contribution in [1.29, 1.82) is 0 Å². The van der Waals surface area contributed by atoms with Crippen molar-refractivity contribution in [2.75, 3.05) is 20.2 Å². The van der Waals surface area contributed by atoms with E-state index in [1.54, 1.807) is 0 Å². The van der Waals surface area contributed by atoms with Gasteiger partial charge in [-0.3, -0.25) is 9.59 Å². The number of ether oxygens (including phenoxy) is 1. The van der Waals surface area contributed by atoms with Gasteiger partial charge >= 0.3 is 6.18 Å². The Kier molecular flexibility index (Phi) is 4.67. The maximum absolute atomic E-state index is 12.3. The minimum atomic E-state index is -4.48. The predicted octanol–water partition coefficient (Wildman–Crippen LogP) is 1.29. The minimum absolute atomic E-state index is 0.0809. The molecular formula is C14H15F3N2O4. The summed E-state index contributed by atoms with van der Waals surface area (Å²) in [5, 5.41) is 12.1. The first kappa shape index (κ1) is 16.9. The monoisotopic (exact) mass is 332 g/mol. The molecule has 1 fully saturated rings. The first-order valence-electron chi connectivity index (χ1n) is 6.74. The van der Waals surface area contributed by atoms with E-state index < -0.39 is 30.6 Å². The number of nitrogens with zero attached hydrogens (tertiary/aromatic N) is 1. The van der Waals surface area contributed by atoms with Crippen molar-refractivity contribution in [1.82, 2.24) is 10.2 Å². The average molecular weight is 332 g/mol. The van der Waals surface area contributed by atoms with E-state index in [1.807, 2.05) is 0 Å². The van der Waals surface area contributed by atoms with Gasteiger partial charge in [-0.25, -0.2) is 0 Å². The van der Waals surface area contributed by atoms with E-state index in [4.69, 9.17) is 4.74 Å². The number of rotatable bonds is 4. The lowest BCUT2D eigenvalue weighted by atomic mass is 10.1. The summed E-state index contributed by atoms with van der Waals surface area (Å²) < 4.78 is 41.9. The van der Waals surface area contributed by atoms with Gasteiger partial charge in [-0.1, -0.05) is 0 Å². The van der Waals surface area contributed by atoms with Crippen LogP contribution in [0, 0.1) is 0 Å². The zero-order valence-electron chi connectivity index (χ0n) is 12.2. The molecule has 0 spiro atoms. The number of benzene rings is 1. The second-order valence-electron chi connectivity index (χ2n) is 5.07. The van der Waals surface area contributed by atoms with Crippen molar-refractivity contribution in [2.45, 2.75) is 18.6 Å². The number of carbonyl (C=O) groups excluding carboxylic acids is 2. The van der Waals surface area contributed by atoms with Gasteiger partial charge in [-0.05, 0) is 18.6 Å². The van der Waals surface area contributed by atoms with Crippen LogP contribution in [-0.4, -0.2) is 54.2 Å². The zero-order valence-corrected chi connectivity index (χ0v) is 12.2. The molecule has 2 rings (SSSR count). The molecule has 1 saturated heterocycles. The Hall–Kier alpha value is -2.45. The third-order valence-corrected chi connectivity index (χ3v) is 3.42. The lowest BCUT2D eigenvalue weighted by Crippen LogP contribution is -2.43. The molecule has 1 heterocycles. The summed E-state index contributed by atoms with van der Waals surface area (Å²) >= 11 is 0. The van der Waals surface area contributed by atoms with Crippen LogP contribution in [0.2, 0.25) is 0 Å². The van der Waals surface area contributed by atoms with Gasteiger partial charge in [-0.2, -0.15) is 13.2 Å². The predicted molar refractivity (Wildman–Crippen MR) is 73.2 cm³/mol. The maximum Gasteiger partial charge on any atom is 0.406 e. The standard InChI is InChI=1S/C14H15F3N2O4/c1-23-8-2-3-9(11(20)6-8)12(21)18-10-4-5-19(13(10)22)7-14(15,16)17/h2-3,6,10,20H,4-5,7H2,1H3,(H,18,21)/t10-/m0/s1. The molecule has 1 atom stereocenters. The fraction of sp³-hybridized carbons (Fsp3) is 0.429. The van der Waals surface area contributed by atoms with Gasteiger partial charge < -0.3 is 20.1 Å². The summed E-state index contributed by atoms with van der Waals surface area (Å²) in [6, 6.07) is 2.94. The molecule has 0 bridgehead atoms. The first-order valence-corrected chi connectivity index (χ1v) is 6.74. The topological polar surface area (TPSA) is 78.9 Å². The van der Waals surface area contributed by atoms with Gasteiger partial charge in [0.1, 0.15) is 24.1 Å². The Morgan fingerprint density at radius 1 is 1.48 bits per heavy atom. The van der Waals surface area contributed by atoms with Gasteiger partial charge in [0.25, 0.3) is 5.91 Å². The Balaban J connectivity index is 2.03. The normalized spacial score (nSPS) is 18.2. The molecule has 0 aliphatic carbocycles. The van der Waals surface area contributed by atoms with Crippen LogP contribution in [0.4, 0.5) is 13.2 Å². The summed E-state index contributed by atoms with van der Waals surface area (Å²) in [7, 11) is 1.39. The summed E-state index contributed by atoms with van der Waals surface area (Å²) in [6.07, 6.45) is -4.40. The Labute approximate surface area is 129 Å². The first-order chi connectivity index (χ1) is 10.7. The van der Waals surface area contributed by atoms with E-state index in [2.05, 4.69) is 5.32 Å².